The topological polar surface area (TPSA) is 68.8 Å². The standard InChI is InChI=1S/C14H20N2O4.ClH/c1-18-11-7-13(20-3)12(19-2)6-10(11)16-14(17)9-4-5-15-8-9;/h6-7,9,15H,4-5,8H2,1-3H3,(H,16,17);1H. The highest BCUT2D eigenvalue weighted by Gasteiger charge is 2.24. The summed E-state index contributed by atoms with van der Waals surface area (Å²) in [7, 11) is 4.66. The maximum atomic E-state index is 12.2. The van der Waals surface area contributed by atoms with Gasteiger partial charge in [-0.1, -0.05) is 0 Å². The van der Waals surface area contributed by atoms with Crippen LogP contribution in [0.5, 0.6) is 17.2 Å². The maximum absolute atomic E-state index is 12.2. The third-order valence-electron chi connectivity index (χ3n) is 3.39. The van der Waals surface area contributed by atoms with Gasteiger partial charge in [0.2, 0.25) is 5.91 Å². The molecular formula is C14H21ClN2O4. The highest BCUT2D eigenvalue weighted by Crippen LogP contribution is 2.38. The number of anilines is 1. The Morgan fingerprint density at radius 2 is 1.76 bits per heavy atom. The van der Waals surface area contributed by atoms with Crippen molar-refractivity contribution in [3.05, 3.63) is 12.1 Å². The van der Waals surface area contributed by atoms with Crippen LogP contribution in [-0.4, -0.2) is 40.3 Å². The van der Waals surface area contributed by atoms with E-state index in [4.69, 9.17) is 14.2 Å². The molecule has 0 aromatic heterocycles. The molecule has 0 spiro atoms. The zero-order valence-corrected chi connectivity index (χ0v) is 13.2. The van der Waals surface area contributed by atoms with Crippen molar-refractivity contribution >= 4 is 24.0 Å². The fraction of sp³-hybridized carbons (Fsp3) is 0.500. The number of methoxy groups -OCH3 is 3. The van der Waals surface area contributed by atoms with Gasteiger partial charge in [0, 0.05) is 18.7 Å². The third kappa shape index (κ3) is 3.92. The second kappa shape index (κ2) is 7.95. The van der Waals surface area contributed by atoms with Crippen LogP contribution in [0.15, 0.2) is 12.1 Å². The summed E-state index contributed by atoms with van der Waals surface area (Å²) in [5, 5.41) is 6.06. The van der Waals surface area contributed by atoms with Gasteiger partial charge in [0.05, 0.1) is 32.9 Å². The van der Waals surface area contributed by atoms with Crippen LogP contribution in [0.1, 0.15) is 6.42 Å². The largest absolute Gasteiger partial charge is 0.494 e. The normalized spacial score (nSPS) is 16.8. The molecule has 1 amide bonds. The highest BCUT2D eigenvalue weighted by molar-refractivity contribution is 5.94. The summed E-state index contributed by atoms with van der Waals surface area (Å²) in [5.74, 6) is 1.63. The highest BCUT2D eigenvalue weighted by atomic mass is 35.5. The van der Waals surface area contributed by atoms with Crippen molar-refractivity contribution in [2.75, 3.05) is 39.7 Å². The SMILES string of the molecule is COc1cc(OC)c(OC)cc1NC(=O)C1CCNC1.Cl. The first kappa shape index (κ1) is 17.4. The molecule has 1 aromatic carbocycles. The molecule has 2 rings (SSSR count). The first-order valence-electron chi connectivity index (χ1n) is 6.51. The van der Waals surface area contributed by atoms with Gasteiger partial charge in [-0.2, -0.15) is 0 Å². The Kier molecular flexibility index (Phi) is 6.58. The Bertz CT molecular complexity index is 490. The maximum Gasteiger partial charge on any atom is 0.228 e. The molecule has 1 heterocycles. The van der Waals surface area contributed by atoms with Gasteiger partial charge in [-0.25, -0.2) is 0 Å². The second-order valence-electron chi connectivity index (χ2n) is 4.59. The number of carbonyl (C=O) groups is 1. The molecule has 1 saturated heterocycles. The van der Waals surface area contributed by atoms with E-state index in [-0.39, 0.29) is 24.2 Å². The number of amides is 1. The first-order chi connectivity index (χ1) is 9.69. The first-order valence-corrected chi connectivity index (χ1v) is 6.51. The van der Waals surface area contributed by atoms with Crippen LogP contribution < -0.4 is 24.8 Å². The molecule has 1 unspecified atom stereocenters. The molecule has 0 aliphatic carbocycles. The number of carbonyl (C=O) groups excluding carboxylic acids is 1. The number of benzene rings is 1. The van der Waals surface area contributed by atoms with Crippen LogP contribution in [0.3, 0.4) is 0 Å². The molecule has 1 aliphatic heterocycles. The lowest BCUT2D eigenvalue weighted by Gasteiger charge is -2.16. The summed E-state index contributed by atoms with van der Waals surface area (Å²) >= 11 is 0. The Morgan fingerprint density at radius 1 is 1.14 bits per heavy atom. The van der Waals surface area contributed by atoms with E-state index < -0.39 is 0 Å². The molecule has 6 nitrogen and oxygen atoms in total. The summed E-state index contributed by atoms with van der Waals surface area (Å²) in [6, 6.07) is 3.40. The average Bonchev–Trinajstić information content (AvgIpc) is 3.01. The molecule has 1 fully saturated rings. The summed E-state index contributed by atoms with van der Waals surface area (Å²) < 4.78 is 15.7. The zero-order valence-electron chi connectivity index (χ0n) is 12.4. The summed E-state index contributed by atoms with van der Waals surface area (Å²) in [6.07, 6.45) is 0.849. The Hall–Kier alpha value is -1.66. The van der Waals surface area contributed by atoms with Crippen LogP contribution in [-0.2, 0) is 4.79 Å². The third-order valence-corrected chi connectivity index (χ3v) is 3.39. The number of halogens is 1. The van der Waals surface area contributed by atoms with Gasteiger partial charge in [0.15, 0.2) is 11.5 Å². The van der Waals surface area contributed by atoms with Crippen molar-refractivity contribution in [1.82, 2.24) is 5.32 Å². The molecule has 0 bridgehead atoms. The van der Waals surface area contributed by atoms with Crippen molar-refractivity contribution in [2.45, 2.75) is 6.42 Å². The van der Waals surface area contributed by atoms with E-state index >= 15 is 0 Å². The predicted molar refractivity (Wildman–Crippen MR) is 83.0 cm³/mol. The number of ether oxygens (including phenoxy) is 3. The molecule has 1 atom stereocenters. The fourth-order valence-electron chi connectivity index (χ4n) is 2.24. The number of rotatable bonds is 5. The quantitative estimate of drug-likeness (QED) is 0.865. The Morgan fingerprint density at radius 3 is 2.29 bits per heavy atom. The molecule has 21 heavy (non-hydrogen) atoms. The fourth-order valence-corrected chi connectivity index (χ4v) is 2.24. The number of hydrogen-bond donors (Lipinski definition) is 2. The summed E-state index contributed by atoms with van der Waals surface area (Å²) in [4.78, 5) is 12.2. The van der Waals surface area contributed by atoms with Crippen LogP contribution >= 0.6 is 12.4 Å². The number of hydrogen-bond acceptors (Lipinski definition) is 5. The molecule has 0 saturated carbocycles. The van der Waals surface area contributed by atoms with Gasteiger partial charge in [-0.05, 0) is 13.0 Å². The summed E-state index contributed by atoms with van der Waals surface area (Å²) in [6.45, 7) is 1.59. The van der Waals surface area contributed by atoms with Gasteiger partial charge in [-0.15, -0.1) is 12.4 Å². The molecule has 118 valence electrons. The molecule has 7 heteroatoms. The second-order valence-corrected chi connectivity index (χ2v) is 4.59. The molecule has 0 radical (unpaired) electrons. The van der Waals surface area contributed by atoms with Crippen molar-refractivity contribution in [3.63, 3.8) is 0 Å². The van der Waals surface area contributed by atoms with Crippen LogP contribution in [0, 0.1) is 5.92 Å². The van der Waals surface area contributed by atoms with Crippen LogP contribution in [0.25, 0.3) is 0 Å². The van der Waals surface area contributed by atoms with Crippen molar-refractivity contribution in [1.29, 1.82) is 0 Å². The zero-order chi connectivity index (χ0) is 14.5. The minimum Gasteiger partial charge on any atom is -0.494 e. The molecule has 1 aliphatic rings. The van der Waals surface area contributed by atoms with Crippen molar-refractivity contribution in [3.8, 4) is 17.2 Å². The Labute approximate surface area is 130 Å². The van der Waals surface area contributed by atoms with E-state index in [0.29, 0.717) is 29.5 Å². The lowest BCUT2D eigenvalue weighted by molar-refractivity contribution is -0.119. The molecular weight excluding hydrogens is 296 g/mol. The van der Waals surface area contributed by atoms with E-state index in [1.165, 1.54) is 0 Å². The van der Waals surface area contributed by atoms with Crippen molar-refractivity contribution < 1.29 is 19.0 Å². The Balaban J connectivity index is 0.00000220. The average molecular weight is 317 g/mol. The minimum absolute atomic E-state index is 0. The number of nitrogens with one attached hydrogen (secondary N) is 2. The molecule has 2 N–H and O–H groups in total. The predicted octanol–water partition coefficient (Wildman–Crippen LogP) is 1.68. The van der Waals surface area contributed by atoms with Gasteiger partial charge in [0.1, 0.15) is 5.75 Å². The smallest absolute Gasteiger partial charge is 0.228 e. The van der Waals surface area contributed by atoms with E-state index in [1.54, 1.807) is 33.5 Å². The van der Waals surface area contributed by atoms with Crippen LogP contribution in [0.4, 0.5) is 5.69 Å². The van der Waals surface area contributed by atoms with Gasteiger partial charge >= 0.3 is 0 Å². The van der Waals surface area contributed by atoms with E-state index in [2.05, 4.69) is 10.6 Å². The van der Waals surface area contributed by atoms with Gasteiger partial charge in [0.25, 0.3) is 0 Å². The molecule has 1 aromatic rings. The lowest BCUT2D eigenvalue weighted by atomic mass is 10.1. The van der Waals surface area contributed by atoms with Gasteiger partial charge < -0.3 is 24.8 Å². The minimum atomic E-state index is -0.0134. The van der Waals surface area contributed by atoms with Crippen LogP contribution in [0.2, 0.25) is 0 Å². The lowest BCUT2D eigenvalue weighted by Crippen LogP contribution is -2.24. The van der Waals surface area contributed by atoms with E-state index in [1.807, 2.05) is 0 Å². The van der Waals surface area contributed by atoms with E-state index in [9.17, 15) is 4.79 Å². The van der Waals surface area contributed by atoms with Crippen molar-refractivity contribution in [2.24, 2.45) is 5.92 Å². The van der Waals surface area contributed by atoms with E-state index in [0.717, 1.165) is 13.0 Å². The monoisotopic (exact) mass is 316 g/mol. The summed E-state index contributed by atoms with van der Waals surface area (Å²) in [5.41, 5.74) is 0.585. The van der Waals surface area contributed by atoms with Gasteiger partial charge in [-0.3, -0.25) is 4.79 Å².